The molecule has 2 saturated heterocycles. The Morgan fingerprint density at radius 2 is 1.83 bits per heavy atom. The van der Waals surface area contributed by atoms with Crippen LogP contribution in [-0.2, 0) is 5.54 Å². The maximum Gasteiger partial charge on any atom is 0.0991 e. The average Bonchev–Trinajstić information content (AvgIpc) is 2.91. The first kappa shape index (κ1) is 6.22. The van der Waals surface area contributed by atoms with Gasteiger partial charge in [-0.15, -0.1) is 0 Å². The van der Waals surface area contributed by atoms with Gasteiger partial charge in [0.05, 0.1) is 17.2 Å². The Balaban J connectivity index is 1.99. The highest BCUT2D eigenvalue weighted by atomic mass is 15.5. The summed E-state index contributed by atoms with van der Waals surface area (Å²) < 4.78 is 0. The second-order valence-corrected chi connectivity index (χ2v) is 3.58. The number of benzene rings is 1. The van der Waals surface area contributed by atoms with Crippen LogP contribution >= 0.6 is 0 Å². The molecule has 0 unspecified atom stereocenters. The minimum atomic E-state index is 0.425. The predicted octanol–water partition coefficient (Wildman–Crippen LogP) is 1.08. The number of nitrogens with zero attached hydrogens (tertiary/aromatic N) is 2. The average molecular weight is 156 g/mol. The van der Waals surface area contributed by atoms with Crippen LogP contribution < -0.4 is 0 Å². The summed E-state index contributed by atoms with van der Waals surface area (Å²) in [5.74, 6) is 0. The molecule has 0 radical (unpaired) electrons. The SMILES string of the molecule is N#Cc1ccc(C23CN2C3)cc1. The van der Waals surface area contributed by atoms with Crippen LogP contribution in [0.3, 0.4) is 0 Å². The normalized spacial score (nSPS) is 35.1. The highest BCUT2D eigenvalue weighted by molar-refractivity contribution is 5.43. The van der Waals surface area contributed by atoms with Crippen LogP contribution in [0.25, 0.3) is 0 Å². The molecule has 2 aliphatic rings. The molecule has 0 spiro atoms. The highest BCUT2D eigenvalue weighted by Gasteiger charge is 2.68. The van der Waals surface area contributed by atoms with Crippen LogP contribution in [-0.4, -0.2) is 18.0 Å². The molecule has 2 fully saturated rings. The first-order chi connectivity index (χ1) is 5.85. The van der Waals surface area contributed by atoms with Gasteiger partial charge in [0.2, 0.25) is 0 Å². The molecule has 0 amide bonds. The second kappa shape index (κ2) is 1.70. The minimum Gasteiger partial charge on any atom is -0.287 e. The summed E-state index contributed by atoms with van der Waals surface area (Å²) in [6.45, 7) is 2.44. The third-order valence-corrected chi connectivity index (χ3v) is 2.85. The van der Waals surface area contributed by atoms with Crippen molar-refractivity contribution in [2.75, 3.05) is 13.1 Å². The Morgan fingerprint density at radius 1 is 1.25 bits per heavy atom. The zero-order chi connectivity index (χ0) is 8.18. The molecule has 0 bridgehead atoms. The molecule has 2 heterocycles. The van der Waals surface area contributed by atoms with E-state index in [0.29, 0.717) is 5.54 Å². The van der Waals surface area contributed by atoms with E-state index in [4.69, 9.17) is 5.26 Å². The van der Waals surface area contributed by atoms with Gasteiger partial charge in [0.25, 0.3) is 0 Å². The molecule has 2 heteroatoms. The first-order valence-corrected chi connectivity index (χ1v) is 4.11. The van der Waals surface area contributed by atoms with Crippen molar-refractivity contribution in [3.05, 3.63) is 35.4 Å². The molecular formula is C10H8N2. The van der Waals surface area contributed by atoms with E-state index in [1.54, 1.807) is 0 Å². The van der Waals surface area contributed by atoms with E-state index in [0.717, 1.165) is 5.56 Å². The maximum atomic E-state index is 8.60. The van der Waals surface area contributed by atoms with Crippen molar-refractivity contribution in [2.45, 2.75) is 5.54 Å². The lowest BCUT2D eigenvalue weighted by Gasteiger charge is -1.99. The molecule has 0 atom stereocenters. The molecule has 1 aromatic carbocycles. The fraction of sp³-hybridized carbons (Fsp3) is 0.300. The summed E-state index contributed by atoms with van der Waals surface area (Å²) >= 11 is 0. The minimum absolute atomic E-state index is 0.425. The molecule has 0 aliphatic carbocycles. The van der Waals surface area contributed by atoms with Crippen LogP contribution in [0.2, 0.25) is 0 Å². The van der Waals surface area contributed by atoms with Crippen molar-refractivity contribution >= 4 is 0 Å². The topological polar surface area (TPSA) is 26.8 Å². The number of fused-ring (bicyclic) bond motifs is 1. The molecular weight excluding hydrogens is 148 g/mol. The molecule has 3 rings (SSSR count). The van der Waals surface area contributed by atoms with Gasteiger partial charge in [-0.25, -0.2) is 0 Å². The summed E-state index contributed by atoms with van der Waals surface area (Å²) in [4.78, 5) is 2.41. The van der Waals surface area contributed by atoms with Gasteiger partial charge >= 0.3 is 0 Å². The van der Waals surface area contributed by atoms with E-state index in [-0.39, 0.29) is 0 Å². The lowest BCUT2D eigenvalue weighted by atomic mass is 10.0. The summed E-state index contributed by atoms with van der Waals surface area (Å²) in [5.41, 5.74) is 2.55. The maximum absolute atomic E-state index is 8.60. The van der Waals surface area contributed by atoms with E-state index in [2.05, 4.69) is 23.1 Å². The van der Waals surface area contributed by atoms with Gasteiger partial charge in [-0.1, -0.05) is 12.1 Å². The van der Waals surface area contributed by atoms with Gasteiger partial charge in [0, 0.05) is 13.1 Å². The molecule has 0 aromatic heterocycles. The third-order valence-electron chi connectivity index (χ3n) is 2.85. The smallest absolute Gasteiger partial charge is 0.0991 e. The van der Waals surface area contributed by atoms with E-state index < -0.39 is 0 Å². The first-order valence-electron chi connectivity index (χ1n) is 4.11. The van der Waals surface area contributed by atoms with Crippen LogP contribution in [0.5, 0.6) is 0 Å². The van der Waals surface area contributed by atoms with Gasteiger partial charge in [0.1, 0.15) is 0 Å². The quantitative estimate of drug-likeness (QED) is 0.569. The van der Waals surface area contributed by atoms with Gasteiger partial charge < -0.3 is 0 Å². The van der Waals surface area contributed by atoms with Crippen LogP contribution in [0, 0.1) is 11.3 Å². The van der Waals surface area contributed by atoms with Crippen LogP contribution in [0.4, 0.5) is 0 Å². The molecule has 1 aromatic rings. The Bertz CT molecular complexity index is 366. The molecule has 12 heavy (non-hydrogen) atoms. The molecule has 0 saturated carbocycles. The van der Waals surface area contributed by atoms with Crippen LogP contribution in [0.1, 0.15) is 11.1 Å². The van der Waals surface area contributed by atoms with Crippen molar-refractivity contribution in [3.8, 4) is 6.07 Å². The lowest BCUT2D eigenvalue weighted by molar-refractivity contribution is 0.808. The summed E-state index contributed by atoms with van der Waals surface area (Å²) in [7, 11) is 0. The van der Waals surface area contributed by atoms with Crippen molar-refractivity contribution in [1.29, 1.82) is 5.26 Å². The zero-order valence-electron chi connectivity index (χ0n) is 6.62. The largest absolute Gasteiger partial charge is 0.287 e. The number of hydrogen-bond donors (Lipinski definition) is 0. The Labute approximate surface area is 71.0 Å². The van der Waals surface area contributed by atoms with E-state index in [9.17, 15) is 0 Å². The van der Waals surface area contributed by atoms with E-state index in [1.807, 2.05) is 12.1 Å². The fourth-order valence-corrected chi connectivity index (χ4v) is 1.73. The van der Waals surface area contributed by atoms with Crippen molar-refractivity contribution in [1.82, 2.24) is 4.90 Å². The van der Waals surface area contributed by atoms with Crippen molar-refractivity contribution < 1.29 is 0 Å². The molecule has 0 N–H and O–H groups in total. The van der Waals surface area contributed by atoms with Gasteiger partial charge in [-0.2, -0.15) is 5.26 Å². The van der Waals surface area contributed by atoms with Gasteiger partial charge in [-0.05, 0) is 17.7 Å². The monoisotopic (exact) mass is 156 g/mol. The van der Waals surface area contributed by atoms with Gasteiger partial charge in [0.15, 0.2) is 0 Å². The van der Waals surface area contributed by atoms with Crippen molar-refractivity contribution in [3.63, 3.8) is 0 Å². The molecule has 58 valence electrons. The predicted molar refractivity (Wildman–Crippen MR) is 44.4 cm³/mol. The summed E-state index contributed by atoms with van der Waals surface area (Å²) in [6.07, 6.45) is 0. The fourth-order valence-electron chi connectivity index (χ4n) is 1.73. The van der Waals surface area contributed by atoms with E-state index >= 15 is 0 Å². The van der Waals surface area contributed by atoms with Crippen molar-refractivity contribution in [2.24, 2.45) is 0 Å². The summed E-state index contributed by atoms with van der Waals surface area (Å²) in [6, 6.07) is 10.1. The summed E-state index contributed by atoms with van der Waals surface area (Å²) in [5, 5.41) is 8.60. The highest BCUT2D eigenvalue weighted by Crippen LogP contribution is 2.57. The van der Waals surface area contributed by atoms with Crippen LogP contribution in [0.15, 0.2) is 24.3 Å². The third kappa shape index (κ3) is 0.621. The standard InChI is InChI=1S/C10H8N2/c11-5-8-1-3-9(4-2-8)10-6-12(10)7-10/h1-4H,6-7H2. The zero-order valence-corrected chi connectivity index (χ0v) is 6.62. The lowest BCUT2D eigenvalue weighted by Crippen LogP contribution is -1.99. The Kier molecular flexibility index (Phi) is 0.881. The molecule has 2 aliphatic heterocycles. The number of nitriles is 1. The molecule has 2 nitrogen and oxygen atoms in total. The number of rotatable bonds is 1. The van der Waals surface area contributed by atoms with Gasteiger partial charge in [-0.3, -0.25) is 4.90 Å². The Morgan fingerprint density at radius 3 is 2.25 bits per heavy atom. The van der Waals surface area contributed by atoms with E-state index in [1.165, 1.54) is 18.7 Å². The Hall–Kier alpha value is -1.33. The second-order valence-electron chi connectivity index (χ2n) is 3.58. The number of hydrogen-bond acceptors (Lipinski definition) is 2.